The van der Waals surface area contributed by atoms with E-state index in [9.17, 15) is 0 Å². The van der Waals surface area contributed by atoms with Crippen molar-refractivity contribution in [1.82, 2.24) is 0 Å². The largest absolute Gasteiger partial charge is 0.0832 e. The van der Waals surface area contributed by atoms with E-state index in [2.05, 4.69) is 59.3 Å². The average molecular weight is 223 g/mol. The Bertz CT molecular complexity index is 315. The Kier molecular flexibility index (Phi) is 2.05. The highest BCUT2D eigenvalue weighted by molar-refractivity contribution is 9.09. The molecule has 0 N–H and O–H groups in total. The van der Waals surface area contributed by atoms with Gasteiger partial charge in [0.2, 0.25) is 0 Å². The van der Waals surface area contributed by atoms with E-state index in [0.29, 0.717) is 10.7 Å². The lowest BCUT2D eigenvalue weighted by Gasteiger charge is -2.21. The van der Waals surface area contributed by atoms with E-state index >= 15 is 0 Å². The predicted molar refractivity (Wildman–Crippen MR) is 56.3 cm³/mol. The van der Waals surface area contributed by atoms with Crippen molar-refractivity contribution in [2.75, 3.05) is 0 Å². The van der Waals surface area contributed by atoms with Crippen LogP contribution in [-0.2, 0) is 0 Å². The van der Waals surface area contributed by atoms with Crippen molar-refractivity contribution < 1.29 is 0 Å². The van der Waals surface area contributed by atoms with Gasteiger partial charge in [0.05, 0.1) is 0 Å². The lowest BCUT2D eigenvalue weighted by Crippen LogP contribution is -2.05. The number of rotatable bonds is 0. The molecular formula is C11H11Br. The monoisotopic (exact) mass is 222 g/mol. The number of allylic oxidation sites excluding steroid dienone is 1. The first-order valence-electron chi connectivity index (χ1n) is 4.20. The van der Waals surface area contributed by atoms with Gasteiger partial charge in [-0.2, -0.15) is 0 Å². The van der Waals surface area contributed by atoms with Crippen LogP contribution in [0, 0.1) is 5.92 Å². The van der Waals surface area contributed by atoms with E-state index in [-0.39, 0.29) is 0 Å². The molecule has 2 atom stereocenters. The third kappa shape index (κ3) is 1.22. The van der Waals surface area contributed by atoms with Crippen LogP contribution in [0.15, 0.2) is 30.3 Å². The van der Waals surface area contributed by atoms with Crippen LogP contribution in [0.5, 0.6) is 0 Å². The summed E-state index contributed by atoms with van der Waals surface area (Å²) in [6.45, 7) is 2.23. The van der Waals surface area contributed by atoms with Gasteiger partial charge in [0.15, 0.2) is 0 Å². The highest BCUT2D eigenvalue weighted by atomic mass is 79.9. The lowest BCUT2D eigenvalue weighted by molar-refractivity contribution is 0.710. The molecule has 0 saturated carbocycles. The summed E-state index contributed by atoms with van der Waals surface area (Å²) in [5.74, 6) is 0.597. The summed E-state index contributed by atoms with van der Waals surface area (Å²) in [6, 6.07) is 8.53. The Morgan fingerprint density at radius 2 is 2.00 bits per heavy atom. The maximum Gasteiger partial charge on any atom is 0.0461 e. The summed E-state index contributed by atoms with van der Waals surface area (Å²) < 4.78 is 0. The fourth-order valence-electron chi connectivity index (χ4n) is 1.55. The van der Waals surface area contributed by atoms with Gasteiger partial charge < -0.3 is 0 Å². The third-order valence-corrected chi connectivity index (χ3v) is 3.66. The van der Waals surface area contributed by atoms with Crippen molar-refractivity contribution in [2.45, 2.75) is 11.8 Å². The van der Waals surface area contributed by atoms with Crippen LogP contribution in [-0.4, -0.2) is 0 Å². The summed E-state index contributed by atoms with van der Waals surface area (Å²) in [5.41, 5.74) is 2.75. The second kappa shape index (κ2) is 3.06. The van der Waals surface area contributed by atoms with E-state index in [4.69, 9.17) is 0 Å². The van der Waals surface area contributed by atoms with Crippen LogP contribution in [0.1, 0.15) is 22.9 Å². The third-order valence-electron chi connectivity index (χ3n) is 2.33. The molecule has 0 bridgehead atoms. The molecule has 62 valence electrons. The summed E-state index contributed by atoms with van der Waals surface area (Å²) in [5, 5.41) is 0. The molecule has 0 heterocycles. The Balaban J connectivity index is 2.52. The molecule has 1 aromatic rings. The summed E-state index contributed by atoms with van der Waals surface area (Å²) in [4.78, 5) is 0.485. The van der Waals surface area contributed by atoms with Gasteiger partial charge in [-0.05, 0) is 17.0 Å². The van der Waals surface area contributed by atoms with Crippen molar-refractivity contribution >= 4 is 22.0 Å². The highest BCUT2D eigenvalue weighted by Crippen LogP contribution is 2.37. The number of hydrogen-bond donors (Lipinski definition) is 0. The van der Waals surface area contributed by atoms with E-state index in [1.54, 1.807) is 0 Å². The molecule has 0 spiro atoms. The SMILES string of the molecule is CC1C=Cc2ccccc2C1Br. The summed E-state index contributed by atoms with van der Waals surface area (Å²) in [7, 11) is 0. The summed E-state index contributed by atoms with van der Waals surface area (Å²) in [6.07, 6.45) is 4.46. The summed E-state index contributed by atoms with van der Waals surface area (Å²) >= 11 is 3.70. The quantitative estimate of drug-likeness (QED) is 0.587. The lowest BCUT2D eigenvalue weighted by atomic mass is 9.91. The van der Waals surface area contributed by atoms with Gasteiger partial charge in [-0.3, -0.25) is 0 Å². The maximum absolute atomic E-state index is 3.70. The second-order valence-corrected chi connectivity index (χ2v) is 4.24. The Morgan fingerprint density at radius 3 is 2.83 bits per heavy atom. The first-order valence-corrected chi connectivity index (χ1v) is 5.12. The molecule has 0 aromatic heterocycles. The predicted octanol–water partition coefficient (Wildman–Crippen LogP) is 3.79. The minimum atomic E-state index is 0.485. The molecule has 0 saturated heterocycles. The molecule has 1 aromatic carbocycles. The van der Waals surface area contributed by atoms with Gasteiger partial charge in [-0.15, -0.1) is 0 Å². The molecule has 0 radical (unpaired) electrons. The number of alkyl halides is 1. The first-order chi connectivity index (χ1) is 5.79. The highest BCUT2D eigenvalue weighted by Gasteiger charge is 2.19. The molecule has 2 unspecified atom stereocenters. The Hall–Kier alpha value is -0.560. The Morgan fingerprint density at radius 1 is 1.25 bits per heavy atom. The molecule has 1 aliphatic carbocycles. The van der Waals surface area contributed by atoms with Crippen LogP contribution < -0.4 is 0 Å². The topological polar surface area (TPSA) is 0 Å². The first kappa shape index (κ1) is 8.06. The standard InChI is InChI=1S/C11H11Br/c1-8-6-7-9-4-2-3-5-10(9)11(8)12/h2-8,11H,1H3. The molecule has 0 nitrogen and oxygen atoms in total. The number of benzene rings is 1. The molecule has 0 aliphatic heterocycles. The zero-order valence-electron chi connectivity index (χ0n) is 7.00. The van der Waals surface area contributed by atoms with Crippen molar-refractivity contribution in [3.05, 3.63) is 41.5 Å². The average Bonchev–Trinajstić information content (AvgIpc) is 2.12. The molecule has 1 heteroatoms. The number of halogens is 1. The van der Waals surface area contributed by atoms with E-state index < -0.39 is 0 Å². The van der Waals surface area contributed by atoms with E-state index in [0.717, 1.165) is 0 Å². The number of fused-ring (bicyclic) bond motifs is 1. The normalized spacial score (nSPS) is 26.8. The zero-order valence-corrected chi connectivity index (χ0v) is 8.58. The smallest absolute Gasteiger partial charge is 0.0461 e. The van der Waals surface area contributed by atoms with Crippen molar-refractivity contribution in [2.24, 2.45) is 5.92 Å². The maximum atomic E-state index is 3.70. The van der Waals surface area contributed by atoms with Gasteiger partial charge >= 0.3 is 0 Å². The van der Waals surface area contributed by atoms with Gasteiger partial charge in [-0.1, -0.05) is 59.3 Å². The minimum Gasteiger partial charge on any atom is -0.0832 e. The van der Waals surface area contributed by atoms with Crippen LogP contribution >= 0.6 is 15.9 Å². The molecular weight excluding hydrogens is 212 g/mol. The fourth-order valence-corrected chi connectivity index (χ4v) is 2.14. The van der Waals surface area contributed by atoms with Crippen molar-refractivity contribution in [3.8, 4) is 0 Å². The van der Waals surface area contributed by atoms with Crippen LogP contribution in [0.2, 0.25) is 0 Å². The van der Waals surface area contributed by atoms with Crippen LogP contribution in [0.4, 0.5) is 0 Å². The second-order valence-electron chi connectivity index (χ2n) is 3.25. The van der Waals surface area contributed by atoms with Gasteiger partial charge in [0, 0.05) is 4.83 Å². The van der Waals surface area contributed by atoms with Gasteiger partial charge in [-0.25, -0.2) is 0 Å². The minimum absolute atomic E-state index is 0.485. The van der Waals surface area contributed by atoms with Crippen molar-refractivity contribution in [1.29, 1.82) is 0 Å². The van der Waals surface area contributed by atoms with E-state index in [1.165, 1.54) is 11.1 Å². The van der Waals surface area contributed by atoms with Gasteiger partial charge in [0.25, 0.3) is 0 Å². The van der Waals surface area contributed by atoms with E-state index in [1.807, 2.05) is 0 Å². The Labute approximate surface area is 81.4 Å². The van der Waals surface area contributed by atoms with Crippen molar-refractivity contribution in [3.63, 3.8) is 0 Å². The molecule has 2 rings (SSSR count). The number of hydrogen-bond acceptors (Lipinski definition) is 0. The fraction of sp³-hybridized carbons (Fsp3) is 0.273. The molecule has 1 aliphatic rings. The van der Waals surface area contributed by atoms with Crippen LogP contribution in [0.25, 0.3) is 6.08 Å². The molecule has 0 fully saturated rings. The molecule has 0 amide bonds. The van der Waals surface area contributed by atoms with Gasteiger partial charge in [0.1, 0.15) is 0 Å². The van der Waals surface area contributed by atoms with Crippen LogP contribution in [0.3, 0.4) is 0 Å². The molecule has 12 heavy (non-hydrogen) atoms. The zero-order chi connectivity index (χ0) is 8.55.